The smallest absolute Gasteiger partial charge is 0.265 e. The second kappa shape index (κ2) is 4.23. The summed E-state index contributed by atoms with van der Waals surface area (Å²) in [5.74, 6) is -0.389. The van der Waals surface area contributed by atoms with E-state index < -0.39 is 12.5 Å². The molecule has 1 aromatic heterocycles. The summed E-state index contributed by atoms with van der Waals surface area (Å²) in [6, 6.07) is 0.410. The van der Waals surface area contributed by atoms with E-state index in [9.17, 15) is 13.6 Å². The van der Waals surface area contributed by atoms with Crippen molar-refractivity contribution in [3.05, 3.63) is 29.6 Å². The van der Waals surface area contributed by atoms with Crippen molar-refractivity contribution >= 4 is 5.78 Å². The highest BCUT2D eigenvalue weighted by Crippen LogP contribution is 2.18. The van der Waals surface area contributed by atoms with Crippen molar-refractivity contribution in [1.29, 1.82) is 0 Å². The maximum absolute atomic E-state index is 12.2. The van der Waals surface area contributed by atoms with Crippen molar-refractivity contribution < 1.29 is 13.6 Å². The number of hydrogen-bond donors (Lipinski definition) is 1. The zero-order valence-electron chi connectivity index (χ0n) is 7.58. The lowest BCUT2D eigenvalue weighted by molar-refractivity contribution is 0.0967. The van der Waals surface area contributed by atoms with Crippen molar-refractivity contribution in [2.75, 3.05) is 0 Å². The van der Waals surface area contributed by atoms with Crippen LogP contribution in [0, 0.1) is 0 Å². The van der Waals surface area contributed by atoms with Crippen LogP contribution >= 0.6 is 0 Å². The monoisotopic (exact) mass is 200 g/mol. The average molecular weight is 200 g/mol. The number of hydrogen-bond acceptors (Lipinski definition) is 3. The molecule has 0 radical (unpaired) electrons. The van der Waals surface area contributed by atoms with Crippen LogP contribution in [0.15, 0.2) is 18.5 Å². The van der Waals surface area contributed by atoms with E-state index in [0.717, 1.165) is 12.3 Å². The van der Waals surface area contributed by atoms with E-state index >= 15 is 0 Å². The van der Waals surface area contributed by atoms with E-state index in [2.05, 4.69) is 4.98 Å². The Morgan fingerprint density at radius 1 is 1.50 bits per heavy atom. The molecule has 1 heterocycles. The fourth-order valence-electron chi connectivity index (χ4n) is 0.975. The summed E-state index contributed by atoms with van der Waals surface area (Å²) in [7, 11) is 0. The van der Waals surface area contributed by atoms with Gasteiger partial charge in [-0.1, -0.05) is 0 Å². The Hall–Kier alpha value is -1.36. The first kappa shape index (κ1) is 10.7. The molecule has 76 valence electrons. The zero-order valence-corrected chi connectivity index (χ0v) is 7.58. The van der Waals surface area contributed by atoms with Gasteiger partial charge in [-0.2, -0.15) is 0 Å². The Morgan fingerprint density at radius 3 is 2.64 bits per heavy atom. The molecule has 0 spiro atoms. The Balaban J connectivity index is 3.00. The van der Waals surface area contributed by atoms with Crippen LogP contribution in [0.25, 0.3) is 0 Å². The van der Waals surface area contributed by atoms with Crippen molar-refractivity contribution in [2.45, 2.75) is 19.4 Å². The van der Waals surface area contributed by atoms with Gasteiger partial charge in [0.2, 0.25) is 0 Å². The molecule has 0 aromatic carbocycles. The number of pyridine rings is 1. The van der Waals surface area contributed by atoms with Gasteiger partial charge < -0.3 is 5.73 Å². The van der Waals surface area contributed by atoms with E-state index in [1.807, 2.05) is 0 Å². The Morgan fingerprint density at radius 2 is 2.14 bits per heavy atom. The molecule has 1 unspecified atom stereocenters. The van der Waals surface area contributed by atoms with Gasteiger partial charge in [0.25, 0.3) is 6.43 Å². The van der Waals surface area contributed by atoms with Gasteiger partial charge in [-0.15, -0.1) is 0 Å². The summed E-state index contributed by atoms with van der Waals surface area (Å²) in [4.78, 5) is 14.9. The molecule has 14 heavy (non-hydrogen) atoms. The van der Waals surface area contributed by atoms with Gasteiger partial charge in [-0.05, 0) is 13.0 Å². The second-order valence-corrected chi connectivity index (χ2v) is 2.96. The van der Waals surface area contributed by atoms with Crippen LogP contribution in [0.2, 0.25) is 0 Å². The third-order valence-corrected chi connectivity index (χ3v) is 1.71. The molecular weight excluding hydrogens is 190 g/mol. The predicted octanol–water partition coefficient (Wildman–Crippen LogP) is 1.55. The normalized spacial score (nSPS) is 12.9. The van der Waals surface area contributed by atoms with Gasteiger partial charge in [0.1, 0.15) is 0 Å². The molecule has 0 aliphatic heterocycles. The van der Waals surface area contributed by atoms with E-state index in [4.69, 9.17) is 5.73 Å². The van der Waals surface area contributed by atoms with Gasteiger partial charge in [-0.25, -0.2) is 8.78 Å². The topological polar surface area (TPSA) is 56.0 Å². The summed E-state index contributed by atoms with van der Waals surface area (Å²) in [6.07, 6.45) is -0.358. The van der Waals surface area contributed by atoms with E-state index in [-0.39, 0.29) is 16.9 Å². The number of ketones is 1. The summed E-state index contributed by atoms with van der Waals surface area (Å²) in [5.41, 5.74) is 5.19. The van der Waals surface area contributed by atoms with Crippen LogP contribution in [0.4, 0.5) is 8.78 Å². The number of carbonyl (C=O) groups is 1. The molecule has 0 aliphatic carbocycles. The molecule has 2 N–H and O–H groups in total. The molecule has 1 aromatic rings. The summed E-state index contributed by atoms with van der Waals surface area (Å²) >= 11 is 0. The first-order valence-corrected chi connectivity index (χ1v) is 4.05. The molecule has 5 heteroatoms. The van der Waals surface area contributed by atoms with Crippen molar-refractivity contribution in [3.63, 3.8) is 0 Å². The molecule has 1 rings (SSSR count). The van der Waals surface area contributed by atoms with E-state index in [0.29, 0.717) is 0 Å². The number of rotatable bonds is 3. The second-order valence-electron chi connectivity index (χ2n) is 2.96. The molecule has 0 aliphatic rings. The Labute approximate surface area is 79.9 Å². The fraction of sp³-hybridized carbons (Fsp3) is 0.333. The lowest BCUT2D eigenvalue weighted by atomic mass is 10.1. The number of carbonyl (C=O) groups excluding carboxylic acids is 1. The quantitative estimate of drug-likeness (QED) is 0.753. The highest BCUT2D eigenvalue weighted by Gasteiger charge is 2.14. The van der Waals surface area contributed by atoms with E-state index in [1.165, 1.54) is 13.1 Å². The van der Waals surface area contributed by atoms with Crippen LogP contribution in [0.1, 0.15) is 29.3 Å². The number of alkyl halides is 2. The van der Waals surface area contributed by atoms with Gasteiger partial charge in [0.15, 0.2) is 5.78 Å². The third kappa shape index (κ3) is 2.32. The molecule has 0 saturated carbocycles. The largest absolute Gasteiger partial charge is 0.321 e. The first-order valence-electron chi connectivity index (χ1n) is 4.05. The highest BCUT2D eigenvalue weighted by atomic mass is 19.3. The molecule has 0 bridgehead atoms. The molecule has 1 atom stereocenters. The number of halogens is 2. The number of aromatic nitrogens is 1. The Bertz CT molecular complexity index is 339. The van der Waals surface area contributed by atoms with Gasteiger partial charge in [0.05, 0.1) is 6.04 Å². The van der Waals surface area contributed by atoms with Gasteiger partial charge >= 0.3 is 0 Å². The van der Waals surface area contributed by atoms with Crippen LogP contribution < -0.4 is 5.73 Å². The number of nitrogens with zero attached hydrogens (tertiary/aromatic N) is 1. The van der Waals surface area contributed by atoms with Crippen LogP contribution in [-0.2, 0) is 0 Å². The molecular formula is C9H10F2N2O. The fourth-order valence-corrected chi connectivity index (χ4v) is 0.975. The van der Waals surface area contributed by atoms with Crippen molar-refractivity contribution in [2.24, 2.45) is 5.73 Å². The van der Waals surface area contributed by atoms with Crippen molar-refractivity contribution in [3.8, 4) is 0 Å². The summed E-state index contributed by atoms with van der Waals surface area (Å²) < 4.78 is 24.5. The molecule has 0 fully saturated rings. The minimum atomic E-state index is -2.62. The minimum absolute atomic E-state index is 0.123. The Kier molecular flexibility index (Phi) is 3.24. The molecule has 0 saturated heterocycles. The summed E-state index contributed by atoms with van der Waals surface area (Å²) in [6.45, 7) is 1.50. The van der Waals surface area contributed by atoms with E-state index in [1.54, 1.807) is 0 Å². The minimum Gasteiger partial charge on any atom is -0.321 e. The summed E-state index contributed by atoms with van der Waals surface area (Å²) in [5, 5.41) is 0. The third-order valence-electron chi connectivity index (χ3n) is 1.71. The first-order chi connectivity index (χ1) is 6.52. The zero-order chi connectivity index (χ0) is 10.7. The lowest BCUT2D eigenvalue weighted by Crippen LogP contribution is -2.26. The standard InChI is InChI=1S/C9H10F2N2O/c1-5(12)8(14)6-2-7(9(10)11)4-13-3-6/h2-5,9H,12H2,1H3. The number of nitrogens with two attached hydrogens (primary N) is 1. The average Bonchev–Trinajstić information content (AvgIpc) is 2.16. The SMILES string of the molecule is CC(N)C(=O)c1cncc(C(F)F)c1. The maximum atomic E-state index is 12.2. The van der Waals surface area contributed by atoms with Gasteiger partial charge in [0, 0.05) is 23.5 Å². The van der Waals surface area contributed by atoms with Crippen molar-refractivity contribution in [1.82, 2.24) is 4.98 Å². The molecule has 3 nitrogen and oxygen atoms in total. The van der Waals surface area contributed by atoms with Crippen LogP contribution in [-0.4, -0.2) is 16.8 Å². The highest BCUT2D eigenvalue weighted by molar-refractivity contribution is 5.99. The van der Waals surface area contributed by atoms with Gasteiger partial charge in [-0.3, -0.25) is 9.78 Å². The number of Topliss-reactive ketones (excluding diaryl/α,β-unsaturated/α-hetero) is 1. The van der Waals surface area contributed by atoms with Crippen LogP contribution in [0.5, 0.6) is 0 Å². The lowest BCUT2D eigenvalue weighted by Gasteiger charge is -2.05. The van der Waals surface area contributed by atoms with Crippen LogP contribution in [0.3, 0.4) is 0 Å². The molecule has 0 amide bonds. The maximum Gasteiger partial charge on any atom is 0.265 e. The predicted molar refractivity (Wildman–Crippen MR) is 47.2 cm³/mol.